The molecule has 0 aromatic carbocycles. The molecule has 1 heterocycles. The third-order valence-electron chi connectivity index (χ3n) is 1.32. The molecule has 1 aromatic heterocycles. The lowest BCUT2D eigenvalue weighted by atomic mass is 10.2. The number of hydrogen-bond acceptors (Lipinski definition) is 5. The number of nitrogens with zero attached hydrogens (tertiary/aromatic N) is 2. The van der Waals surface area contributed by atoms with Gasteiger partial charge in [0.1, 0.15) is 6.61 Å². The zero-order chi connectivity index (χ0) is 9.84. The summed E-state index contributed by atoms with van der Waals surface area (Å²) in [6, 6.07) is 0.0164. The quantitative estimate of drug-likeness (QED) is 0.698. The summed E-state index contributed by atoms with van der Waals surface area (Å²) in [4.78, 5) is 10.7. The predicted molar refractivity (Wildman–Crippen MR) is 44.1 cm³/mol. The molecule has 1 rings (SSSR count). The molecule has 0 bridgehead atoms. The average molecular weight is 185 g/mol. The summed E-state index contributed by atoms with van der Waals surface area (Å²) in [6.45, 7) is 3.19. The Balaban J connectivity index is 2.64. The Morgan fingerprint density at radius 2 is 2.31 bits per heavy atom. The van der Waals surface area contributed by atoms with E-state index >= 15 is 0 Å². The molecule has 0 aliphatic heterocycles. The van der Waals surface area contributed by atoms with E-state index in [-0.39, 0.29) is 11.9 Å². The summed E-state index contributed by atoms with van der Waals surface area (Å²) in [5.74, 6) is -0.000487. The van der Waals surface area contributed by atoms with Crippen LogP contribution in [0.4, 0.5) is 6.01 Å². The molecule has 1 amide bonds. The molecule has 13 heavy (non-hydrogen) atoms. The van der Waals surface area contributed by atoms with Gasteiger partial charge in [0.25, 0.3) is 5.91 Å². The number of carbonyl (C=O) groups is 1. The number of carbonyl (C=O) groups excluding carboxylic acids is 1. The maximum atomic E-state index is 10.7. The van der Waals surface area contributed by atoms with Crippen LogP contribution in [0.25, 0.3) is 0 Å². The molecule has 0 spiro atoms. The Hall–Kier alpha value is -1.43. The summed E-state index contributed by atoms with van der Waals surface area (Å²) in [5.41, 5.74) is 0. The van der Waals surface area contributed by atoms with Crippen molar-refractivity contribution in [3.63, 3.8) is 0 Å². The van der Waals surface area contributed by atoms with Crippen LogP contribution in [0.5, 0.6) is 0 Å². The van der Waals surface area contributed by atoms with E-state index in [2.05, 4.69) is 15.5 Å². The summed E-state index contributed by atoms with van der Waals surface area (Å²) in [7, 11) is 0. The predicted octanol–water partition coefficient (Wildman–Crippen LogP) is 0.124. The number of rotatable bonds is 3. The maximum Gasteiger partial charge on any atom is 0.322 e. The number of nitrogens with one attached hydrogen (secondary N) is 1. The Bertz CT molecular complexity index is 295. The van der Waals surface area contributed by atoms with Crippen LogP contribution in [0, 0.1) is 0 Å². The molecule has 0 fully saturated rings. The lowest BCUT2D eigenvalue weighted by Crippen LogP contribution is -2.15. The van der Waals surface area contributed by atoms with Crippen molar-refractivity contribution < 1.29 is 14.3 Å². The summed E-state index contributed by atoms with van der Waals surface area (Å²) < 4.78 is 5.05. The molecular weight excluding hydrogens is 174 g/mol. The highest BCUT2D eigenvalue weighted by atomic mass is 16.4. The SMILES string of the molecule is CC(C)c1nnc(NC(=O)CO)o1. The van der Waals surface area contributed by atoms with Crippen LogP contribution in [0.2, 0.25) is 0 Å². The second-order valence-electron chi connectivity index (χ2n) is 2.81. The Labute approximate surface area is 75.0 Å². The second kappa shape index (κ2) is 3.99. The minimum Gasteiger partial charge on any atom is -0.408 e. The molecule has 1 aromatic rings. The third kappa shape index (κ3) is 2.51. The number of hydrogen-bond donors (Lipinski definition) is 2. The van der Waals surface area contributed by atoms with Gasteiger partial charge in [-0.05, 0) is 0 Å². The smallest absolute Gasteiger partial charge is 0.322 e. The van der Waals surface area contributed by atoms with Gasteiger partial charge in [0.15, 0.2) is 0 Å². The zero-order valence-corrected chi connectivity index (χ0v) is 7.44. The van der Waals surface area contributed by atoms with E-state index in [4.69, 9.17) is 9.52 Å². The Morgan fingerprint density at radius 3 is 2.77 bits per heavy atom. The van der Waals surface area contributed by atoms with E-state index in [1.807, 2.05) is 13.8 Å². The summed E-state index contributed by atoms with van der Waals surface area (Å²) in [5, 5.41) is 17.9. The maximum absolute atomic E-state index is 10.7. The number of aromatic nitrogens is 2. The fourth-order valence-electron chi connectivity index (χ4n) is 0.677. The number of aliphatic hydroxyl groups excluding tert-OH is 1. The minimum atomic E-state index is -0.598. The third-order valence-corrected chi connectivity index (χ3v) is 1.32. The van der Waals surface area contributed by atoms with Crippen molar-refractivity contribution >= 4 is 11.9 Å². The number of anilines is 1. The van der Waals surface area contributed by atoms with E-state index in [0.29, 0.717) is 5.89 Å². The van der Waals surface area contributed by atoms with Crippen molar-refractivity contribution in [3.8, 4) is 0 Å². The molecule has 6 heteroatoms. The molecule has 0 unspecified atom stereocenters. The van der Waals surface area contributed by atoms with E-state index in [0.717, 1.165) is 0 Å². The molecule has 0 atom stereocenters. The normalized spacial score (nSPS) is 10.5. The molecule has 0 saturated carbocycles. The largest absolute Gasteiger partial charge is 0.408 e. The van der Waals surface area contributed by atoms with Gasteiger partial charge in [-0.1, -0.05) is 18.9 Å². The van der Waals surface area contributed by atoms with Crippen LogP contribution in [-0.4, -0.2) is 27.8 Å². The van der Waals surface area contributed by atoms with Gasteiger partial charge < -0.3 is 9.52 Å². The number of aliphatic hydroxyl groups is 1. The molecule has 6 nitrogen and oxygen atoms in total. The first-order chi connectivity index (χ1) is 6.13. The van der Waals surface area contributed by atoms with Gasteiger partial charge in [-0.2, -0.15) is 0 Å². The first-order valence-electron chi connectivity index (χ1n) is 3.87. The lowest BCUT2D eigenvalue weighted by Gasteiger charge is -1.95. The van der Waals surface area contributed by atoms with Crippen molar-refractivity contribution in [3.05, 3.63) is 5.89 Å². The van der Waals surface area contributed by atoms with Crippen LogP contribution < -0.4 is 5.32 Å². The van der Waals surface area contributed by atoms with Crippen molar-refractivity contribution in [1.82, 2.24) is 10.2 Å². The van der Waals surface area contributed by atoms with Crippen molar-refractivity contribution in [2.45, 2.75) is 19.8 Å². The van der Waals surface area contributed by atoms with Crippen LogP contribution in [-0.2, 0) is 4.79 Å². The standard InChI is InChI=1S/C7H11N3O3/c1-4(2)6-9-10-7(13-6)8-5(12)3-11/h4,11H,3H2,1-2H3,(H,8,10,12). The van der Waals surface area contributed by atoms with E-state index in [1.165, 1.54) is 0 Å². The second-order valence-corrected chi connectivity index (χ2v) is 2.81. The zero-order valence-electron chi connectivity index (χ0n) is 7.44. The molecule has 0 radical (unpaired) electrons. The highest BCUT2D eigenvalue weighted by molar-refractivity contribution is 5.89. The summed E-state index contributed by atoms with van der Waals surface area (Å²) in [6.07, 6.45) is 0. The highest BCUT2D eigenvalue weighted by Crippen LogP contribution is 2.14. The van der Waals surface area contributed by atoms with Gasteiger partial charge in [0.05, 0.1) is 0 Å². The van der Waals surface area contributed by atoms with E-state index in [9.17, 15) is 4.79 Å². The molecular formula is C7H11N3O3. The molecule has 2 N–H and O–H groups in total. The van der Waals surface area contributed by atoms with Gasteiger partial charge in [-0.3, -0.25) is 10.1 Å². The van der Waals surface area contributed by atoms with Gasteiger partial charge in [-0.25, -0.2) is 0 Å². The number of amides is 1. The monoisotopic (exact) mass is 185 g/mol. The lowest BCUT2D eigenvalue weighted by molar-refractivity contribution is -0.118. The van der Waals surface area contributed by atoms with Crippen molar-refractivity contribution in [2.75, 3.05) is 11.9 Å². The summed E-state index contributed by atoms with van der Waals surface area (Å²) >= 11 is 0. The van der Waals surface area contributed by atoms with Gasteiger partial charge >= 0.3 is 6.01 Å². The van der Waals surface area contributed by atoms with Crippen LogP contribution in [0.3, 0.4) is 0 Å². The first-order valence-corrected chi connectivity index (χ1v) is 3.87. The van der Waals surface area contributed by atoms with Crippen molar-refractivity contribution in [1.29, 1.82) is 0 Å². The first kappa shape index (κ1) is 9.66. The molecule has 0 aliphatic rings. The van der Waals surface area contributed by atoms with Crippen molar-refractivity contribution in [2.24, 2.45) is 0 Å². The molecule has 72 valence electrons. The average Bonchev–Trinajstić information content (AvgIpc) is 2.52. The topological polar surface area (TPSA) is 88.2 Å². The minimum absolute atomic E-state index is 0.0164. The van der Waals surface area contributed by atoms with Gasteiger partial charge in [0.2, 0.25) is 5.89 Å². The Morgan fingerprint density at radius 1 is 1.62 bits per heavy atom. The highest BCUT2D eigenvalue weighted by Gasteiger charge is 2.10. The molecule has 0 aliphatic carbocycles. The van der Waals surface area contributed by atoms with E-state index < -0.39 is 12.5 Å². The van der Waals surface area contributed by atoms with E-state index in [1.54, 1.807) is 0 Å². The van der Waals surface area contributed by atoms with Crippen LogP contribution in [0.15, 0.2) is 4.42 Å². The fourth-order valence-corrected chi connectivity index (χ4v) is 0.677. The van der Waals surface area contributed by atoms with Gasteiger partial charge in [-0.15, -0.1) is 5.10 Å². The fraction of sp³-hybridized carbons (Fsp3) is 0.571. The van der Waals surface area contributed by atoms with Crippen LogP contribution in [0.1, 0.15) is 25.7 Å². The van der Waals surface area contributed by atoms with Gasteiger partial charge in [0, 0.05) is 5.92 Å². The van der Waals surface area contributed by atoms with Crippen LogP contribution >= 0.6 is 0 Å². The molecule has 0 saturated heterocycles. The Kier molecular flexibility index (Phi) is 2.97.